The van der Waals surface area contributed by atoms with E-state index in [-0.39, 0.29) is 6.42 Å². The van der Waals surface area contributed by atoms with Crippen LogP contribution < -0.4 is 5.32 Å². The van der Waals surface area contributed by atoms with Crippen LogP contribution in [0.3, 0.4) is 0 Å². The van der Waals surface area contributed by atoms with E-state index < -0.39 is 12.6 Å². The third-order valence-corrected chi connectivity index (χ3v) is 4.26. The molecule has 1 N–H and O–H groups in total. The van der Waals surface area contributed by atoms with Gasteiger partial charge in [-0.1, -0.05) is 6.07 Å². The smallest absolute Gasteiger partial charge is 0.313 e. The van der Waals surface area contributed by atoms with E-state index in [1.54, 1.807) is 0 Å². The van der Waals surface area contributed by atoms with Gasteiger partial charge in [0, 0.05) is 21.9 Å². The van der Waals surface area contributed by atoms with Gasteiger partial charge in [0.1, 0.15) is 0 Å². The minimum Gasteiger partial charge on any atom is -0.313 e. The third-order valence-electron chi connectivity index (χ3n) is 2.38. The van der Waals surface area contributed by atoms with E-state index >= 15 is 0 Å². The van der Waals surface area contributed by atoms with E-state index in [2.05, 4.69) is 37.2 Å². The van der Waals surface area contributed by atoms with Crippen LogP contribution >= 0.6 is 31.9 Å². The molecule has 0 heterocycles. The lowest BCUT2D eigenvalue weighted by molar-refractivity contribution is -0.135. The van der Waals surface area contributed by atoms with Crippen molar-refractivity contribution in [2.75, 3.05) is 6.54 Å². The molecule has 0 saturated heterocycles. The zero-order valence-corrected chi connectivity index (χ0v) is 12.8. The van der Waals surface area contributed by atoms with Gasteiger partial charge in [-0.25, -0.2) is 0 Å². The molecule has 0 atom stereocenters. The van der Waals surface area contributed by atoms with E-state index in [4.69, 9.17) is 0 Å². The fourth-order valence-corrected chi connectivity index (χ4v) is 2.13. The molecule has 0 bridgehead atoms. The van der Waals surface area contributed by atoms with E-state index in [1.807, 2.05) is 18.2 Å². The normalized spacial score (nSPS) is 11.8. The van der Waals surface area contributed by atoms with Gasteiger partial charge in [0.05, 0.1) is 0 Å². The number of unbranched alkanes of at least 4 members (excludes halogenated alkanes) is 1. The van der Waals surface area contributed by atoms with Crippen LogP contribution in [-0.2, 0) is 6.54 Å². The van der Waals surface area contributed by atoms with Crippen molar-refractivity contribution in [3.05, 3.63) is 32.7 Å². The van der Waals surface area contributed by atoms with Crippen LogP contribution in [0, 0.1) is 0 Å². The Morgan fingerprint density at radius 1 is 1.06 bits per heavy atom. The number of hydrogen-bond acceptors (Lipinski definition) is 1. The number of hydrogen-bond donors (Lipinski definition) is 1. The van der Waals surface area contributed by atoms with Crippen molar-refractivity contribution in [2.45, 2.75) is 32.0 Å². The molecule has 1 nitrogen and oxygen atoms in total. The maximum Gasteiger partial charge on any atom is 0.389 e. The molecule has 0 aliphatic heterocycles. The Bertz CT molecular complexity index is 380. The van der Waals surface area contributed by atoms with Gasteiger partial charge in [0.15, 0.2) is 0 Å². The van der Waals surface area contributed by atoms with Gasteiger partial charge in [-0.3, -0.25) is 0 Å². The molecule has 0 aliphatic rings. The molecule has 102 valence electrons. The zero-order chi connectivity index (χ0) is 13.6. The number of nitrogens with one attached hydrogen (secondary N) is 1. The van der Waals surface area contributed by atoms with Crippen molar-refractivity contribution >= 4 is 31.9 Å². The van der Waals surface area contributed by atoms with Crippen LogP contribution in [0.25, 0.3) is 0 Å². The van der Waals surface area contributed by atoms with Crippen LogP contribution in [0.1, 0.15) is 24.8 Å². The standard InChI is InChI=1S/C12H14Br2F3N/c13-10-4-3-9(7-11(10)14)8-18-6-2-1-5-12(15,16)17/h3-4,7,18H,1-2,5-6,8H2. The predicted octanol–water partition coefficient (Wildman–Crippen LogP) is 5.03. The molecular weight excluding hydrogens is 375 g/mol. The maximum atomic E-state index is 11.9. The highest BCUT2D eigenvalue weighted by atomic mass is 79.9. The molecule has 0 amide bonds. The van der Waals surface area contributed by atoms with Crippen LogP contribution in [0.4, 0.5) is 13.2 Å². The minimum absolute atomic E-state index is 0.181. The molecule has 0 aromatic heterocycles. The summed E-state index contributed by atoms with van der Waals surface area (Å²) in [7, 11) is 0. The van der Waals surface area contributed by atoms with E-state index in [0.29, 0.717) is 19.5 Å². The molecule has 0 aliphatic carbocycles. The van der Waals surface area contributed by atoms with Gasteiger partial charge < -0.3 is 5.32 Å². The van der Waals surface area contributed by atoms with Crippen molar-refractivity contribution in [3.63, 3.8) is 0 Å². The van der Waals surface area contributed by atoms with Crippen LogP contribution in [0.2, 0.25) is 0 Å². The van der Waals surface area contributed by atoms with Crippen LogP contribution in [0.5, 0.6) is 0 Å². The van der Waals surface area contributed by atoms with Crippen LogP contribution in [-0.4, -0.2) is 12.7 Å². The van der Waals surface area contributed by atoms with Gasteiger partial charge >= 0.3 is 6.18 Å². The summed E-state index contributed by atoms with van der Waals surface area (Å²) in [6, 6.07) is 5.88. The first kappa shape index (κ1) is 16.0. The molecule has 1 aromatic carbocycles. The van der Waals surface area contributed by atoms with E-state index in [9.17, 15) is 13.2 Å². The fourth-order valence-electron chi connectivity index (χ4n) is 1.46. The van der Waals surface area contributed by atoms with Crippen LogP contribution in [0.15, 0.2) is 27.1 Å². The summed E-state index contributed by atoms with van der Waals surface area (Å²) in [5, 5.41) is 3.13. The summed E-state index contributed by atoms with van der Waals surface area (Å²) >= 11 is 6.78. The first-order valence-electron chi connectivity index (χ1n) is 5.60. The summed E-state index contributed by atoms with van der Waals surface area (Å²) in [6.45, 7) is 1.27. The Labute approximate surface area is 121 Å². The zero-order valence-electron chi connectivity index (χ0n) is 9.66. The summed E-state index contributed by atoms with van der Waals surface area (Å²) < 4.78 is 37.6. The summed E-state index contributed by atoms with van der Waals surface area (Å²) in [4.78, 5) is 0. The monoisotopic (exact) mass is 387 g/mol. The summed E-state index contributed by atoms with van der Waals surface area (Å²) in [5.74, 6) is 0. The largest absolute Gasteiger partial charge is 0.389 e. The number of rotatable bonds is 6. The Kier molecular flexibility index (Phi) is 6.66. The molecule has 0 spiro atoms. The van der Waals surface area contributed by atoms with Crippen molar-refractivity contribution in [1.82, 2.24) is 5.32 Å². The average Bonchev–Trinajstić information content (AvgIpc) is 2.26. The highest BCUT2D eigenvalue weighted by molar-refractivity contribution is 9.13. The second-order valence-corrected chi connectivity index (χ2v) is 5.71. The molecule has 1 aromatic rings. The first-order valence-corrected chi connectivity index (χ1v) is 7.18. The highest BCUT2D eigenvalue weighted by Gasteiger charge is 2.25. The van der Waals surface area contributed by atoms with Gasteiger partial charge in [0.25, 0.3) is 0 Å². The fraction of sp³-hybridized carbons (Fsp3) is 0.500. The van der Waals surface area contributed by atoms with Crippen molar-refractivity contribution in [1.29, 1.82) is 0 Å². The van der Waals surface area contributed by atoms with Gasteiger partial charge in [-0.05, 0) is 68.9 Å². The molecule has 0 unspecified atom stereocenters. The molecule has 6 heteroatoms. The van der Waals surface area contributed by atoms with Gasteiger partial charge in [-0.15, -0.1) is 0 Å². The number of benzene rings is 1. The average molecular weight is 389 g/mol. The van der Waals surface area contributed by atoms with Gasteiger partial charge in [0.2, 0.25) is 0 Å². The quantitative estimate of drug-likeness (QED) is 0.673. The number of halogens is 5. The SMILES string of the molecule is FC(F)(F)CCCCNCc1ccc(Br)c(Br)c1. The lowest BCUT2D eigenvalue weighted by atomic mass is 10.2. The second-order valence-electron chi connectivity index (χ2n) is 4.00. The molecule has 0 radical (unpaired) electrons. The molecule has 1 rings (SSSR count). The Hall–Kier alpha value is -0.0700. The maximum absolute atomic E-state index is 11.9. The molecule has 18 heavy (non-hydrogen) atoms. The Balaban J connectivity index is 2.16. The van der Waals surface area contributed by atoms with E-state index in [0.717, 1.165) is 14.5 Å². The molecule has 0 saturated carbocycles. The van der Waals surface area contributed by atoms with Crippen molar-refractivity contribution < 1.29 is 13.2 Å². The summed E-state index contributed by atoms with van der Waals surface area (Å²) in [5.41, 5.74) is 1.10. The summed E-state index contributed by atoms with van der Waals surface area (Å²) in [6.07, 6.45) is -4.01. The third kappa shape index (κ3) is 6.75. The lowest BCUT2D eigenvalue weighted by Crippen LogP contribution is -2.15. The highest BCUT2D eigenvalue weighted by Crippen LogP contribution is 2.24. The lowest BCUT2D eigenvalue weighted by Gasteiger charge is -2.07. The van der Waals surface area contributed by atoms with Crippen molar-refractivity contribution in [2.24, 2.45) is 0 Å². The number of alkyl halides is 3. The molecule has 0 fully saturated rings. The topological polar surface area (TPSA) is 12.0 Å². The second kappa shape index (κ2) is 7.50. The van der Waals surface area contributed by atoms with E-state index in [1.165, 1.54) is 0 Å². The van der Waals surface area contributed by atoms with Gasteiger partial charge in [-0.2, -0.15) is 13.2 Å². The Morgan fingerprint density at radius 2 is 1.78 bits per heavy atom. The predicted molar refractivity (Wildman–Crippen MR) is 73.5 cm³/mol. The van der Waals surface area contributed by atoms with Crippen molar-refractivity contribution in [3.8, 4) is 0 Å². The minimum atomic E-state index is -4.03. The Morgan fingerprint density at radius 3 is 2.39 bits per heavy atom. The first-order chi connectivity index (χ1) is 8.38. The molecular formula is C12H14Br2F3N.